The molecule has 27 heavy (non-hydrogen) atoms. The van der Waals surface area contributed by atoms with E-state index in [1.807, 2.05) is 36.5 Å². The number of benzene rings is 1. The molecule has 1 N–H and O–H groups in total. The zero-order valence-electron chi connectivity index (χ0n) is 14.5. The fraction of sp³-hybridized carbons (Fsp3) is 0.200. The van der Waals surface area contributed by atoms with Crippen molar-refractivity contribution in [1.29, 1.82) is 10.5 Å². The predicted octanol–water partition coefficient (Wildman–Crippen LogP) is 2.16. The minimum Gasteiger partial charge on any atom is -0.346 e. The molecule has 1 saturated heterocycles. The number of carbonyl (C=O) groups excluding carboxylic acids is 1. The van der Waals surface area contributed by atoms with Gasteiger partial charge in [0.15, 0.2) is 6.19 Å². The Kier molecular flexibility index (Phi) is 4.19. The Morgan fingerprint density at radius 2 is 2.07 bits per heavy atom. The fourth-order valence-corrected chi connectivity index (χ4v) is 3.27. The lowest BCUT2D eigenvalue weighted by atomic mass is 10.1. The molecule has 1 atom stereocenters. The maximum atomic E-state index is 12.5. The maximum absolute atomic E-state index is 12.5. The molecular weight excluding hydrogens is 340 g/mol. The van der Waals surface area contributed by atoms with Crippen LogP contribution in [-0.4, -0.2) is 39.3 Å². The van der Waals surface area contributed by atoms with Crippen molar-refractivity contribution in [2.45, 2.75) is 12.5 Å². The van der Waals surface area contributed by atoms with Crippen molar-refractivity contribution in [3.05, 3.63) is 60.0 Å². The van der Waals surface area contributed by atoms with E-state index in [0.717, 1.165) is 17.5 Å². The number of hydrogen-bond donors (Lipinski definition) is 1. The Balaban J connectivity index is 1.57. The van der Waals surface area contributed by atoms with Gasteiger partial charge in [0.2, 0.25) is 0 Å². The SMILES string of the molecule is N#Cc1cccc(-c2ccc3nc(C(=O)NC4CCN(C#N)C4)cn3c2)c1. The summed E-state index contributed by atoms with van der Waals surface area (Å²) in [7, 11) is 0. The lowest BCUT2D eigenvalue weighted by molar-refractivity contribution is 0.0934. The van der Waals surface area contributed by atoms with Gasteiger partial charge in [0.1, 0.15) is 11.3 Å². The minimum absolute atomic E-state index is 0.0359. The Morgan fingerprint density at radius 3 is 2.85 bits per heavy atom. The molecule has 132 valence electrons. The fourth-order valence-electron chi connectivity index (χ4n) is 3.27. The van der Waals surface area contributed by atoms with Crippen molar-refractivity contribution in [2.75, 3.05) is 13.1 Å². The van der Waals surface area contributed by atoms with Crippen LogP contribution in [0.25, 0.3) is 16.8 Å². The monoisotopic (exact) mass is 356 g/mol. The van der Waals surface area contributed by atoms with Crippen molar-refractivity contribution in [3.8, 4) is 23.4 Å². The number of pyridine rings is 1. The number of fused-ring (bicyclic) bond motifs is 1. The molecule has 0 aliphatic carbocycles. The average molecular weight is 356 g/mol. The molecule has 1 aromatic carbocycles. The number of rotatable bonds is 3. The second kappa shape index (κ2) is 6.81. The number of imidazole rings is 1. The topological polar surface area (TPSA) is 97.2 Å². The van der Waals surface area contributed by atoms with Gasteiger partial charge in [0, 0.05) is 31.5 Å². The second-order valence-electron chi connectivity index (χ2n) is 6.51. The molecule has 4 rings (SSSR count). The van der Waals surface area contributed by atoms with Crippen LogP contribution in [0.5, 0.6) is 0 Å². The Bertz CT molecular complexity index is 1100. The van der Waals surface area contributed by atoms with Crippen LogP contribution in [0.4, 0.5) is 0 Å². The first-order chi connectivity index (χ1) is 13.2. The summed E-state index contributed by atoms with van der Waals surface area (Å²) >= 11 is 0. The normalized spacial score (nSPS) is 16.1. The van der Waals surface area contributed by atoms with Gasteiger partial charge in [-0.25, -0.2) is 4.98 Å². The standard InChI is InChI=1S/C20H16N6O/c21-9-14-2-1-3-15(8-14)16-4-5-19-24-18(12-26(19)10-16)20(27)23-17-6-7-25(11-17)13-22/h1-5,8,10,12,17H,6-7,11H2,(H,23,27). The van der Waals surface area contributed by atoms with Crippen LogP contribution in [0.2, 0.25) is 0 Å². The quantitative estimate of drug-likeness (QED) is 0.725. The first-order valence-corrected chi connectivity index (χ1v) is 8.61. The highest BCUT2D eigenvalue weighted by Crippen LogP contribution is 2.21. The van der Waals surface area contributed by atoms with Crippen molar-refractivity contribution >= 4 is 11.6 Å². The maximum Gasteiger partial charge on any atom is 0.271 e. The lowest BCUT2D eigenvalue weighted by Crippen LogP contribution is -2.36. The van der Waals surface area contributed by atoms with Gasteiger partial charge >= 0.3 is 0 Å². The molecule has 1 unspecified atom stereocenters. The number of likely N-dealkylation sites (tertiary alicyclic amines) is 1. The lowest BCUT2D eigenvalue weighted by Gasteiger charge is -2.10. The summed E-state index contributed by atoms with van der Waals surface area (Å²) in [4.78, 5) is 18.5. The summed E-state index contributed by atoms with van der Waals surface area (Å²) in [6.45, 7) is 1.20. The summed E-state index contributed by atoms with van der Waals surface area (Å²) in [6, 6.07) is 13.2. The van der Waals surface area contributed by atoms with Gasteiger partial charge in [-0.05, 0) is 41.8 Å². The third-order valence-electron chi connectivity index (χ3n) is 4.67. The number of nitriles is 2. The predicted molar refractivity (Wildman–Crippen MR) is 98.4 cm³/mol. The number of amides is 1. The molecule has 1 aliphatic heterocycles. The van der Waals surface area contributed by atoms with Gasteiger partial charge < -0.3 is 14.6 Å². The van der Waals surface area contributed by atoms with Gasteiger partial charge in [-0.1, -0.05) is 12.1 Å². The minimum atomic E-state index is -0.239. The molecular formula is C20H16N6O. The molecule has 0 spiro atoms. The van der Waals surface area contributed by atoms with Gasteiger partial charge in [-0.2, -0.15) is 10.5 Å². The van der Waals surface area contributed by atoms with E-state index in [9.17, 15) is 4.79 Å². The van der Waals surface area contributed by atoms with Crippen LogP contribution in [0, 0.1) is 22.8 Å². The molecule has 0 saturated carbocycles. The molecule has 2 aromatic heterocycles. The van der Waals surface area contributed by atoms with E-state index >= 15 is 0 Å². The number of nitrogens with zero attached hydrogens (tertiary/aromatic N) is 5. The van der Waals surface area contributed by atoms with Crippen molar-refractivity contribution in [1.82, 2.24) is 19.6 Å². The summed E-state index contributed by atoms with van der Waals surface area (Å²) < 4.78 is 1.81. The van der Waals surface area contributed by atoms with Crippen LogP contribution >= 0.6 is 0 Å². The summed E-state index contributed by atoms with van der Waals surface area (Å²) in [6.07, 6.45) is 6.44. The molecule has 7 nitrogen and oxygen atoms in total. The molecule has 3 heterocycles. The second-order valence-corrected chi connectivity index (χ2v) is 6.51. The highest BCUT2D eigenvalue weighted by atomic mass is 16.2. The van der Waals surface area contributed by atoms with E-state index in [2.05, 4.69) is 22.6 Å². The molecule has 3 aromatic rings. The third kappa shape index (κ3) is 3.31. The molecule has 0 bridgehead atoms. The van der Waals surface area contributed by atoms with Crippen molar-refractivity contribution in [3.63, 3.8) is 0 Å². The smallest absolute Gasteiger partial charge is 0.271 e. The highest BCUT2D eigenvalue weighted by Gasteiger charge is 2.24. The number of aromatic nitrogens is 2. The van der Waals surface area contributed by atoms with Gasteiger partial charge in [0.05, 0.1) is 11.6 Å². The molecule has 0 radical (unpaired) electrons. The Labute approximate surface area is 156 Å². The number of carbonyl (C=O) groups is 1. The van der Waals surface area contributed by atoms with Crippen molar-refractivity contribution < 1.29 is 4.79 Å². The molecule has 1 fully saturated rings. The highest BCUT2D eigenvalue weighted by molar-refractivity contribution is 5.93. The summed E-state index contributed by atoms with van der Waals surface area (Å²) in [5.41, 5.74) is 3.47. The van der Waals surface area contributed by atoms with Crippen LogP contribution in [-0.2, 0) is 0 Å². The van der Waals surface area contributed by atoms with E-state index < -0.39 is 0 Å². The third-order valence-corrected chi connectivity index (χ3v) is 4.67. The molecule has 1 amide bonds. The molecule has 7 heteroatoms. The van der Waals surface area contributed by atoms with E-state index in [1.54, 1.807) is 21.6 Å². The van der Waals surface area contributed by atoms with Gasteiger partial charge in [0.25, 0.3) is 5.91 Å². The first-order valence-electron chi connectivity index (χ1n) is 8.61. The van der Waals surface area contributed by atoms with Gasteiger partial charge in [-0.15, -0.1) is 0 Å². The van der Waals surface area contributed by atoms with Crippen LogP contribution in [0.15, 0.2) is 48.8 Å². The van der Waals surface area contributed by atoms with Crippen LogP contribution in [0.1, 0.15) is 22.5 Å². The zero-order valence-corrected chi connectivity index (χ0v) is 14.5. The van der Waals surface area contributed by atoms with E-state index in [4.69, 9.17) is 10.5 Å². The van der Waals surface area contributed by atoms with Crippen LogP contribution in [0.3, 0.4) is 0 Å². The summed E-state index contributed by atoms with van der Waals surface area (Å²) in [5, 5.41) is 20.9. The van der Waals surface area contributed by atoms with E-state index in [-0.39, 0.29) is 11.9 Å². The Morgan fingerprint density at radius 1 is 1.19 bits per heavy atom. The van der Waals surface area contributed by atoms with Crippen LogP contribution < -0.4 is 5.32 Å². The number of nitrogens with one attached hydrogen (secondary N) is 1. The zero-order chi connectivity index (χ0) is 18.8. The largest absolute Gasteiger partial charge is 0.346 e. The summed E-state index contributed by atoms with van der Waals surface area (Å²) in [5.74, 6) is -0.239. The Hall–Kier alpha value is -3.84. The first kappa shape index (κ1) is 16.6. The van der Waals surface area contributed by atoms with E-state index in [0.29, 0.717) is 30.0 Å². The molecule has 1 aliphatic rings. The van der Waals surface area contributed by atoms with Crippen molar-refractivity contribution in [2.24, 2.45) is 0 Å². The average Bonchev–Trinajstić information content (AvgIpc) is 3.33. The van der Waals surface area contributed by atoms with E-state index in [1.165, 1.54) is 0 Å². The van der Waals surface area contributed by atoms with Gasteiger partial charge in [-0.3, -0.25) is 4.79 Å². The number of hydrogen-bond acceptors (Lipinski definition) is 5.